The summed E-state index contributed by atoms with van der Waals surface area (Å²) in [6.07, 6.45) is 0. The highest BCUT2D eigenvalue weighted by Gasteiger charge is 2.40. The Labute approximate surface area is 241 Å². The average molecular weight is 526 g/mol. The minimum atomic E-state index is -0.179. The van der Waals surface area contributed by atoms with Crippen LogP contribution in [0, 0.1) is 6.92 Å². The number of rotatable bonds is 3. The molecular formula is C40H31N. The Bertz CT molecular complexity index is 2140. The van der Waals surface area contributed by atoms with E-state index < -0.39 is 0 Å². The van der Waals surface area contributed by atoms with Crippen molar-refractivity contribution >= 4 is 49.4 Å². The number of aryl methyl sites for hydroxylation is 1. The lowest BCUT2D eigenvalue weighted by atomic mass is 9.79. The molecule has 0 spiro atoms. The van der Waals surface area contributed by atoms with Crippen LogP contribution in [0.15, 0.2) is 133 Å². The van der Waals surface area contributed by atoms with Crippen LogP contribution in [-0.4, -0.2) is 0 Å². The molecule has 196 valence electrons. The van der Waals surface area contributed by atoms with Crippen molar-refractivity contribution in [2.24, 2.45) is 0 Å². The fraction of sp³-hybridized carbons (Fsp3) is 0.100. The van der Waals surface area contributed by atoms with Gasteiger partial charge in [0.15, 0.2) is 0 Å². The smallest absolute Gasteiger partial charge is 0.0543 e. The Hall–Kier alpha value is -4.88. The number of para-hydroxylation sites is 1. The molecule has 0 bridgehead atoms. The molecule has 0 saturated carbocycles. The topological polar surface area (TPSA) is 3.24 Å². The van der Waals surface area contributed by atoms with Crippen LogP contribution in [-0.2, 0) is 5.41 Å². The van der Waals surface area contributed by atoms with Crippen LogP contribution in [0.3, 0.4) is 0 Å². The van der Waals surface area contributed by atoms with Gasteiger partial charge in [0.25, 0.3) is 0 Å². The number of hydrogen-bond donors (Lipinski definition) is 0. The van der Waals surface area contributed by atoms with E-state index >= 15 is 0 Å². The zero-order chi connectivity index (χ0) is 27.7. The van der Waals surface area contributed by atoms with Crippen molar-refractivity contribution in [2.75, 3.05) is 4.90 Å². The molecule has 0 amide bonds. The summed E-state index contributed by atoms with van der Waals surface area (Å²) in [6.45, 7) is 7.00. The standard InChI is InChI=1S/C40H31N/c1-26-14-13-17-28(24-26)41(27-15-5-4-6-16-27)36-25-35-37(33-22-11-9-20-31(33)36)38-32-21-10-7-18-29(32)30-19-8-12-23-34(30)39(38)40(35,2)3/h4-25H,1-3H3. The summed E-state index contributed by atoms with van der Waals surface area (Å²) in [5.41, 5.74) is 10.2. The molecule has 0 aromatic heterocycles. The molecule has 0 unspecified atom stereocenters. The predicted octanol–water partition coefficient (Wildman–Crippen LogP) is 11.2. The summed E-state index contributed by atoms with van der Waals surface area (Å²) in [7, 11) is 0. The van der Waals surface area contributed by atoms with E-state index in [0.29, 0.717) is 0 Å². The molecule has 1 nitrogen and oxygen atoms in total. The molecule has 1 heteroatoms. The lowest BCUT2D eigenvalue weighted by Crippen LogP contribution is -2.17. The van der Waals surface area contributed by atoms with E-state index in [0.717, 1.165) is 5.69 Å². The minimum Gasteiger partial charge on any atom is -0.310 e. The molecule has 0 saturated heterocycles. The summed E-state index contributed by atoms with van der Waals surface area (Å²) in [4.78, 5) is 2.44. The van der Waals surface area contributed by atoms with Crippen molar-refractivity contribution in [3.05, 3.63) is 150 Å². The van der Waals surface area contributed by atoms with Crippen molar-refractivity contribution in [2.45, 2.75) is 26.2 Å². The van der Waals surface area contributed by atoms with Gasteiger partial charge in [0.05, 0.1) is 5.69 Å². The molecule has 1 aliphatic rings. The van der Waals surface area contributed by atoms with Crippen molar-refractivity contribution in [1.82, 2.24) is 0 Å². The van der Waals surface area contributed by atoms with Gasteiger partial charge >= 0.3 is 0 Å². The lowest BCUT2D eigenvalue weighted by molar-refractivity contribution is 0.667. The summed E-state index contributed by atoms with van der Waals surface area (Å²) >= 11 is 0. The maximum absolute atomic E-state index is 2.48. The highest BCUT2D eigenvalue weighted by Crippen LogP contribution is 2.58. The van der Waals surface area contributed by atoms with E-state index in [9.17, 15) is 0 Å². The molecule has 41 heavy (non-hydrogen) atoms. The number of hydrogen-bond acceptors (Lipinski definition) is 1. The fourth-order valence-corrected chi connectivity index (χ4v) is 7.26. The Balaban J connectivity index is 1.53. The van der Waals surface area contributed by atoms with E-state index in [4.69, 9.17) is 0 Å². The molecular weight excluding hydrogens is 494 g/mol. The summed E-state index contributed by atoms with van der Waals surface area (Å²) in [5, 5.41) is 7.91. The van der Waals surface area contributed by atoms with Crippen molar-refractivity contribution in [3.8, 4) is 11.1 Å². The molecule has 0 N–H and O–H groups in total. The molecule has 0 radical (unpaired) electrons. The van der Waals surface area contributed by atoms with Crippen LogP contribution in [0.5, 0.6) is 0 Å². The lowest BCUT2D eigenvalue weighted by Gasteiger charge is -2.30. The van der Waals surface area contributed by atoms with Gasteiger partial charge in [-0.05, 0) is 92.0 Å². The van der Waals surface area contributed by atoms with Gasteiger partial charge in [0, 0.05) is 22.2 Å². The maximum atomic E-state index is 2.48. The Morgan fingerprint density at radius 2 is 1.00 bits per heavy atom. The first-order valence-corrected chi connectivity index (χ1v) is 14.5. The number of benzene rings is 7. The summed E-state index contributed by atoms with van der Waals surface area (Å²) < 4.78 is 0. The third-order valence-corrected chi connectivity index (χ3v) is 9.02. The van der Waals surface area contributed by atoms with E-state index in [1.54, 1.807) is 0 Å². The van der Waals surface area contributed by atoms with Crippen LogP contribution >= 0.6 is 0 Å². The van der Waals surface area contributed by atoms with Gasteiger partial charge in [0.2, 0.25) is 0 Å². The van der Waals surface area contributed by atoms with Gasteiger partial charge in [-0.15, -0.1) is 0 Å². The number of fused-ring (bicyclic) bond motifs is 10. The third kappa shape index (κ3) is 3.42. The Morgan fingerprint density at radius 3 is 1.68 bits per heavy atom. The molecule has 7 aromatic rings. The molecule has 8 rings (SSSR count). The molecule has 0 fully saturated rings. The van der Waals surface area contributed by atoms with E-state index in [1.165, 1.54) is 71.5 Å². The van der Waals surface area contributed by atoms with Crippen LogP contribution in [0.1, 0.15) is 30.5 Å². The summed E-state index contributed by atoms with van der Waals surface area (Å²) in [5.74, 6) is 0. The average Bonchev–Trinajstić information content (AvgIpc) is 3.25. The number of anilines is 3. The van der Waals surface area contributed by atoms with Crippen LogP contribution in [0.25, 0.3) is 43.4 Å². The highest BCUT2D eigenvalue weighted by atomic mass is 15.1. The van der Waals surface area contributed by atoms with E-state index in [2.05, 4.69) is 159 Å². The van der Waals surface area contributed by atoms with Crippen molar-refractivity contribution < 1.29 is 0 Å². The summed E-state index contributed by atoms with van der Waals surface area (Å²) in [6, 6.07) is 49.0. The van der Waals surface area contributed by atoms with Crippen LogP contribution in [0.2, 0.25) is 0 Å². The Morgan fingerprint density at radius 1 is 0.463 bits per heavy atom. The second kappa shape index (κ2) is 8.81. The Kier molecular flexibility index (Phi) is 5.15. The zero-order valence-corrected chi connectivity index (χ0v) is 23.6. The third-order valence-electron chi connectivity index (χ3n) is 9.02. The maximum Gasteiger partial charge on any atom is 0.0543 e. The second-order valence-corrected chi connectivity index (χ2v) is 11.8. The molecule has 0 atom stereocenters. The van der Waals surface area contributed by atoms with Gasteiger partial charge in [-0.2, -0.15) is 0 Å². The SMILES string of the molecule is Cc1cccc(N(c2ccccc2)c2cc3c(c4ccccc24)-c2c(c4ccccc4c4ccccc24)C3(C)C)c1. The van der Waals surface area contributed by atoms with E-state index in [1.807, 2.05) is 0 Å². The largest absolute Gasteiger partial charge is 0.310 e. The first-order valence-electron chi connectivity index (χ1n) is 14.5. The number of nitrogens with zero attached hydrogens (tertiary/aromatic N) is 1. The van der Waals surface area contributed by atoms with Crippen molar-refractivity contribution in [1.29, 1.82) is 0 Å². The second-order valence-electron chi connectivity index (χ2n) is 11.8. The monoisotopic (exact) mass is 525 g/mol. The first kappa shape index (κ1) is 24.0. The van der Waals surface area contributed by atoms with E-state index in [-0.39, 0.29) is 5.41 Å². The first-order chi connectivity index (χ1) is 20.0. The molecule has 7 aromatic carbocycles. The quantitative estimate of drug-likeness (QED) is 0.207. The fourth-order valence-electron chi connectivity index (χ4n) is 7.26. The highest BCUT2D eigenvalue weighted by molar-refractivity contribution is 6.22. The molecule has 0 heterocycles. The van der Waals surface area contributed by atoms with Gasteiger partial charge in [-0.1, -0.05) is 117 Å². The van der Waals surface area contributed by atoms with Crippen molar-refractivity contribution in [3.63, 3.8) is 0 Å². The normalized spacial score (nSPS) is 13.4. The van der Waals surface area contributed by atoms with Gasteiger partial charge in [-0.25, -0.2) is 0 Å². The van der Waals surface area contributed by atoms with Gasteiger partial charge in [0.1, 0.15) is 0 Å². The molecule has 1 aliphatic carbocycles. The van der Waals surface area contributed by atoms with Crippen LogP contribution < -0.4 is 4.90 Å². The minimum absolute atomic E-state index is 0.179. The zero-order valence-electron chi connectivity index (χ0n) is 23.6. The molecule has 0 aliphatic heterocycles. The van der Waals surface area contributed by atoms with Gasteiger partial charge in [-0.3, -0.25) is 0 Å². The van der Waals surface area contributed by atoms with Crippen LogP contribution in [0.4, 0.5) is 17.1 Å². The predicted molar refractivity (Wildman–Crippen MR) is 176 cm³/mol. The van der Waals surface area contributed by atoms with Gasteiger partial charge < -0.3 is 4.90 Å².